The van der Waals surface area contributed by atoms with Gasteiger partial charge >= 0.3 is 5.97 Å². The van der Waals surface area contributed by atoms with Gasteiger partial charge in [-0.1, -0.05) is 65.0 Å². The fraction of sp³-hybridized carbons (Fsp3) is 0.818. The summed E-state index contributed by atoms with van der Waals surface area (Å²) in [5, 5.41) is 29.4. The predicted molar refractivity (Wildman–Crippen MR) is 106 cm³/mol. The van der Waals surface area contributed by atoms with Gasteiger partial charge in [0.1, 0.15) is 5.78 Å². The lowest BCUT2D eigenvalue weighted by atomic mass is 9.80. The van der Waals surface area contributed by atoms with E-state index in [0.29, 0.717) is 12.8 Å². The first-order chi connectivity index (χ1) is 12.7. The summed E-state index contributed by atoms with van der Waals surface area (Å²) in [5.41, 5.74) is -0.223. The van der Waals surface area contributed by atoms with E-state index in [2.05, 4.69) is 6.92 Å². The maximum Gasteiger partial charge on any atom is 0.303 e. The Morgan fingerprint density at radius 3 is 2.52 bits per heavy atom. The summed E-state index contributed by atoms with van der Waals surface area (Å²) >= 11 is 0. The number of ketones is 1. The molecule has 0 amide bonds. The largest absolute Gasteiger partial charge is 0.481 e. The number of aliphatic hydroxyl groups excluding tert-OH is 2. The van der Waals surface area contributed by atoms with Gasteiger partial charge in [0.15, 0.2) is 0 Å². The van der Waals surface area contributed by atoms with Crippen LogP contribution in [0.1, 0.15) is 85.0 Å². The molecule has 27 heavy (non-hydrogen) atoms. The van der Waals surface area contributed by atoms with Crippen molar-refractivity contribution in [2.45, 2.75) is 97.2 Å². The Labute approximate surface area is 163 Å². The second-order valence-electron chi connectivity index (χ2n) is 8.69. The molecule has 0 heterocycles. The zero-order chi connectivity index (χ0) is 20.4. The highest BCUT2D eigenvalue weighted by molar-refractivity contribution is 5.84. The first-order valence-electron chi connectivity index (χ1n) is 10.5. The number of carbonyl (C=O) groups is 2. The molecule has 0 aromatic rings. The summed E-state index contributed by atoms with van der Waals surface area (Å²) in [6, 6.07) is 0. The predicted octanol–water partition coefficient (Wildman–Crippen LogP) is 4.11. The molecule has 0 radical (unpaired) electrons. The van der Waals surface area contributed by atoms with Gasteiger partial charge in [0.25, 0.3) is 0 Å². The zero-order valence-electron chi connectivity index (χ0n) is 17.2. The molecule has 1 rings (SSSR count). The van der Waals surface area contributed by atoms with Crippen LogP contribution in [-0.2, 0) is 9.59 Å². The Balaban J connectivity index is 2.55. The topological polar surface area (TPSA) is 94.8 Å². The number of carboxylic acid groups (broad SMARTS) is 1. The van der Waals surface area contributed by atoms with E-state index in [-0.39, 0.29) is 35.9 Å². The Kier molecular flexibility index (Phi) is 10.2. The molecule has 3 N–H and O–H groups in total. The second-order valence-corrected chi connectivity index (χ2v) is 8.69. The normalized spacial score (nSPS) is 24.6. The van der Waals surface area contributed by atoms with Gasteiger partial charge in [-0.15, -0.1) is 0 Å². The minimum atomic E-state index is -0.769. The van der Waals surface area contributed by atoms with Gasteiger partial charge in [0.05, 0.1) is 12.2 Å². The van der Waals surface area contributed by atoms with Gasteiger partial charge in [-0.2, -0.15) is 0 Å². The van der Waals surface area contributed by atoms with E-state index >= 15 is 0 Å². The van der Waals surface area contributed by atoms with Crippen LogP contribution in [0, 0.1) is 17.3 Å². The van der Waals surface area contributed by atoms with Crippen molar-refractivity contribution < 1.29 is 24.9 Å². The quantitative estimate of drug-likeness (QED) is 0.329. The fourth-order valence-electron chi connectivity index (χ4n) is 3.86. The number of carboxylic acids is 1. The minimum Gasteiger partial charge on any atom is -0.481 e. The third-order valence-electron chi connectivity index (χ3n) is 5.88. The van der Waals surface area contributed by atoms with E-state index in [4.69, 9.17) is 5.11 Å². The van der Waals surface area contributed by atoms with E-state index in [1.807, 2.05) is 19.9 Å². The highest BCUT2D eigenvalue weighted by Gasteiger charge is 2.39. The third-order valence-corrected chi connectivity index (χ3v) is 5.88. The van der Waals surface area contributed by atoms with Crippen LogP contribution < -0.4 is 0 Å². The van der Waals surface area contributed by atoms with E-state index in [0.717, 1.165) is 38.5 Å². The second kappa shape index (κ2) is 11.6. The third kappa shape index (κ3) is 8.14. The van der Waals surface area contributed by atoms with E-state index in [1.54, 1.807) is 6.08 Å². The van der Waals surface area contributed by atoms with E-state index < -0.39 is 18.2 Å². The van der Waals surface area contributed by atoms with Crippen molar-refractivity contribution in [2.24, 2.45) is 17.3 Å². The molecule has 5 heteroatoms. The molecule has 5 nitrogen and oxygen atoms in total. The minimum absolute atomic E-state index is 0.0995. The lowest BCUT2D eigenvalue weighted by Crippen LogP contribution is -2.28. The molecule has 1 aliphatic carbocycles. The molecule has 1 aliphatic rings. The monoisotopic (exact) mass is 382 g/mol. The number of aliphatic hydroxyl groups is 2. The molecule has 0 aromatic heterocycles. The number of aliphatic carboxylic acids is 1. The Bertz CT molecular complexity index is 497. The summed E-state index contributed by atoms with van der Waals surface area (Å²) < 4.78 is 0. The van der Waals surface area contributed by atoms with Crippen LogP contribution in [0.4, 0.5) is 0 Å². The average Bonchev–Trinajstić information content (AvgIpc) is 2.86. The average molecular weight is 383 g/mol. The van der Waals surface area contributed by atoms with Crippen LogP contribution in [0.15, 0.2) is 12.2 Å². The van der Waals surface area contributed by atoms with E-state index in [1.165, 1.54) is 0 Å². The summed E-state index contributed by atoms with van der Waals surface area (Å²) in [5.74, 6) is -1.09. The molecule has 156 valence electrons. The van der Waals surface area contributed by atoms with Crippen molar-refractivity contribution >= 4 is 11.8 Å². The Morgan fingerprint density at radius 1 is 1.22 bits per heavy atom. The van der Waals surface area contributed by atoms with Crippen molar-refractivity contribution in [3.63, 3.8) is 0 Å². The first-order valence-corrected chi connectivity index (χ1v) is 10.5. The van der Waals surface area contributed by atoms with Gasteiger partial charge in [0, 0.05) is 24.7 Å². The van der Waals surface area contributed by atoms with Crippen LogP contribution >= 0.6 is 0 Å². The maximum absolute atomic E-state index is 12.3. The van der Waals surface area contributed by atoms with Crippen molar-refractivity contribution in [3.05, 3.63) is 12.2 Å². The molecule has 4 atom stereocenters. The van der Waals surface area contributed by atoms with Crippen LogP contribution in [0.5, 0.6) is 0 Å². The highest BCUT2D eigenvalue weighted by atomic mass is 16.4. The summed E-state index contributed by atoms with van der Waals surface area (Å²) in [6.45, 7) is 6.22. The number of hydrogen-bond donors (Lipinski definition) is 3. The molecule has 0 unspecified atom stereocenters. The summed E-state index contributed by atoms with van der Waals surface area (Å²) in [4.78, 5) is 22.8. The van der Waals surface area contributed by atoms with Crippen molar-refractivity contribution in [1.82, 2.24) is 0 Å². The van der Waals surface area contributed by atoms with Crippen LogP contribution in [0.25, 0.3) is 0 Å². The number of Topliss-reactive ketones (excluding diaryl/α,β-unsaturated/α-hetero) is 1. The van der Waals surface area contributed by atoms with Crippen molar-refractivity contribution in [3.8, 4) is 0 Å². The summed E-state index contributed by atoms with van der Waals surface area (Å²) in [6.07, 6.45) is 9.80. The SMILES string of the molecule is CCCCC(C)(C)[C@H](O)C=C[C@H]1[C@H](O)CC(=O)[C@@H]1CCCCCCC(=O)O. The van der Waals surface area contributed by atoms with Crippen LogP contribution in [0.2, 0.25) is 0 Å². The number of unbranched alkanes of at least 4 members (excludes halogenated alkanes) is 4. The van der Waals surface area contributed by atoms with Gasteiger partial charge in [-0.05, 0) is 24.7 Å². The smallest absolute Gasteiger partial charge is 0.303 e. The standard InChI is InChI=1S/C22H38O5/c1-4-5-14-22(2,3)20(25)13-12-17-16(18(23)15-19(17)24)10-8-6-7-9-11-21(26)27/h12-13,16-17,19-20,24-25H,4-11,14-15H2,1-3H3,(H,26,27)/t16-,17-,19-,20-/m1/s1. The molecule has 0 saturated heterocycles. The first kappa shape index (κ1) is 23.8. The van der Waals surface area contributed by atoms with Gasteiger partial charge in [0.2, 0.25) is 0 Å². The zero-order valence-corrected chi connectivity index (χ0v) is 17.2. The van der Waals surface area contributed by atoms with Crippen LogP contribution in [-0.4, -0.2) is 39.3 Å². The molecule has 0 aliphatic heterocycles. The molecule has 0 aromatic carbocycles. The number of carbonyl (C=O) groups excluding carboxylic acids is 1. The fourth-order valence-corrected chi connectivity index (χ4v) is 3.86. The highest BCUT2D eigenvalue weighted by Crippen LogP contribution is 2.35. The summed E-state index contributed by atoms with van der Waals surface area (Å²) in [7, 11) is 0. The lowest BCUT2D eigenvalue weighted by Gasteiger charge is -2.29. The van der Waals surface area contributed by atoms with E-state index in [9.17, 15) is 19.8 Å². The van der Waals surface area contributed by atoms with Crippen LogP contribution in [0.3, 0.4) is 0 Å². The van der Waals surface area contributed by atoms with Crippen molar-refractivity contribution in [1.29, 1.82) is 0 Å². The molecule has 0 spiro atoms. The van der Waals surface area contributed by atoms with Gasteiger partial charge in [-0.3, -0.25) is 9.59 Å². The van der Waals surface area contributed by atoms with Gasteiger partial charge in [-0.25, -0.2) is 0 Å². The maximum atomic E-state index is 12.3. The molecule has 1 fully saturated rings. The number of hydrogen-bond acceptors (Lipinski definition) is 4. The molecule has 0 bridgehead atoms. The Hall–Kier alpha value is -1.20. The van der Waals surface area contributed by atoms with Crippen molar-refractivity contribution in [2.75, 3.05) is 0 Å². The molecular weight excluding hydrogens is 344 g/mol. The molecular formula is C22H38O5. The van der Waals surface area contributed by atoms with Gasteiger partial charge < -0.3 is 15.3 Å². The lowest BCUT2D eigenvalue weighted by molar-refractivity contribution is -0.137. The Morgan fingerprint density at radius 2 is 1.89 bits per heavy atom. The molecule has 1 saturated carbocycles. The number of rotatable bonds is 13.